The summed E-state index contributed by atoms with van der Waals surface area (Å²) in [5.74, 6) is -0.978. The monoisotopic (exact) mass is 481 g/mol. The molecule has 2 N–H and O–H groups in total. The second kappa shape index (κ2) is 8.49. The van der Waals surface area contributed by atoms with E-state index >= 15 is 0 Å². The maximum atomic E-state index is 13.7. The molecule has 4 aromatic rings. The van der Waals surface area contributed by atoms with Gasteiger partial charge in [-0.2, -0.15) is 0 Å². The van der Waals surface area contributed by atoms with Crippen molar-refractivity contribution in [3.63, 3.8) is 0 Å². The molecule has 2 aromatic heterocycles. The molecule has 0 radical (unpaired) electrons. The van der Waals surface area contributed by atoms with E-state index in [9.17, 15) is 17.6 Å². The lowest BCUT2D eigenvalue weighted by atomic mass is 10.1. The number of aromatic amines is 1. The molecule has 0 bridgehead atoms. The van der Waals surface area contributed by atoms with Gasteiger partial charge in [0.1, 0.15) is 10.7 Å². The third kappa shape index (κ3) is 3.94. The highest BCUT2D eigenvalue weighted by atomic mass is 32.2. The SMILES string of the molecule is O=C1/C(=C/NCCc2c[nH]c3ccccc23)S(=O)(=O)N(Cc2cccc(F)c2)c2ccsc21. The smallest absolute Gasteiger partial charge is 0.270 e. The van der Waals surface area contributed by atoms with Gasteiger partial charge in [-0.1, -0.05) is 30.3 Å². The van der Waals surface area contributed by atoms with Crippen molar-refractivity contribution in [1.82, 2.24) is 10.3 Å². The van der Waals surface area contributed by atoms with Gasteiger partial charge in [-0.25, -0.2) is 12.8 Å². The molecule has 0 saturated heterocycles. The highest BCUT2D eigenvalue weighted by Gasteiger charge is 2.41. The maximum absolute atomic E-state index is 13.7. The topological polar surface area (TPSA) is 82.3 Å². The third-order valence-corrected chi connectivity index (χ3v) is 8.24. The fourth-order valence-electron chi connectivity index (χ4n) is 3.97. The number of nitrogens with zero attached hydrogens (tertiary/aromatic N) is 1. The minimum Gasteiger partial charge on any atom is -0.389 e. The molecular weight excluding hydrogens is 461 g/mol. The molecule has 5 rings (SSSR count). The van der Waals surface area contributed by atoms with Crippen LogP contribution >= 0.6 is 11.3 Å². The van der Waals surface area contributed by atoms with Gasteiger partial charge in [0.2, 0.25) is 5.78 Å². The van der Waals surface area contributed by atoms with E-state index in [1.54, 1.807) is 17.5 Å². The molecule has 0 amide bonds. The first-order chi connectivity index (χ1) is 15.9. The van der Waals surface area contributed by atoms with Crippen LogP contribution in [-0.4, -0.2) is 25.7 Å². The number of thiophene rings is 1. The van der Waals surface area contributed by atoms with Gasteiger partial charge in [0.25, 0.3) is 10.0 Å². The van der Waals surface area contributed by atoms with Crippen LogP contribution in [0.2, 0.25) is 0 Å². The minimum absolute atomic E-state index is 0.0657. The molecule has 0 unspecified atom stereocenters. The van der Waals surface area contributed by atoms with E-state index in [1.807, 2.05) is 30.5 Å². The van der Waals surface area contributed by atoms with E-state index in [4.69, 9.17) is 0 Å². The van der Waals surface area contributed by atoms with Crippen molar-refractivity contribution in [3.8, 4) is 0 Å². The van der Waals surface area contributed by atoms with E-state index in [1.165, 1.54) is 40.0 Å². The molecule has 6 nitrogen and oxygen atoms in total. The number of sulfonamides is 1. The Bertz CT molecular complexity index is 1490. The number of fused-ring (bicyclic) bond motifs is 2. The Morgan fingerprint density at radius 2 is 1.97 bits per heavy atom. The van der Waals surface area contributed by atoms with Crippen molar-refractivity contribution in [2.45, 2.75) is 13.0 Å². The molecule has 33 heavy (non-hydrogen) atoms. The number of ketones is 1. The zero-order valence-electron chi connectivity index (χ0n) is 17.4. The van der Waals surface area contributed by atoms with Crippen LogP contribution < -0.4 is 9.62 Å². The minimum atomic E-state index is -4.12. The fraction of sp³-hybridized carbons (Fsp3) is 0.125. The Morgan fingerprint density at radius 3 is 2.82 bits per heavy atom. The lowest BCUT2D eigenvalue weighted by molar-refractivity contribution is 0.104. The Kier molecular flexibility index (Phi) is 5.51. The summed E-state index contributed by atoms with van der Waals surface area (Å²) in [6, 6.07) is 15.3. The summed E-state index contributed by atoms with van der Waals surface area (Å²) in [6.07, 6.45) is 3.87. The van der Waals surface area contributed by atoms with Gasteiger partial charge in [0.05, 0.1) is 12.2 Å². The van der Waals surface area contributed by atoms with Gasteiger partial charge in [-0.3, -0.25) is 9.10 Å². The van der Waals surface area contributed by atoms with Crippen LogP contribution in [0.5, 0.6) is 0 Å². The first-order valence-electron chi connectivity index (χ1n) is 10.3. The second-order valence-corrected chi connectivity index (χ2v) is 10.4. The predicted octanol–water partition coefficient (Wildman–Crippen LogP) is 4.57. The molecule has 0 spiro atoms. The number of benzene rings is 2. The van der Waals surface area contributed by atoms with E-state index in [0.29, 0.717) is 29.1 Å². The number of halogens is 1. The molecule has 0 aliphatic carbocycles. The normalized spacial score (nSPS) is 16.3. The summed E-state index contributed by atoms with van der Waals surface area (Å²) >= 11 is 1.19. The van der Waals surface area contributed by atoms with Crippen LogP contribution in [0.15, 0.2) is 77.3 Å². The summed E-state index contributed by atoms with van der Waals surface area (Å²) in [5, 5.41) is 5.80. The van der Waals surface area contributed by atoms with Gasteiger partial charge in [0, 0.05) is 29.8 Å². The number of aromatic nitrogens is 1. The van der Waals surface area contributed by atoms with Gasteiger partial charge in [0.15, 0.2) is 4.91 Å². The Morgan fingerprint density at radius 1 is 1.12 bits per heavy atom. The van der Waals surface area contributed by atoms with Crippen molar-refractivity contribution in [2.75, 3.05) is 10.8 Å². The summed E-state index contributed by atoms with van der Waals surface area (Å²) in [6.45, 7) is 0.388. The van der Waals surface area contributed by atoms with Crippen LogP contribution in [0.1, 0.15) is 20.8 Å². The number of nitrogens with one attached hydrogen (secondary N) is 2. The van der Waals surface area contributed by atoms with Crippen molar-refractivity contribution in [2.24, 2.45) is 0 Å². The molecule has 1 aliphatic heterocycles. The third-order valence-electron chi connectivity index (χ3n) is 5.57. The van der Waals surface area contributed by atoms with Crippen LogP contribution in [0.3, 0.4) is 0 Å². The van der Waals surface area contributed by atoms with Crippen molar-refractivity contribution >= 4 is 43.7 Å². The Labute approximate surface area is 194 Å². The summed E-state index contributed by atoms with van der Waals surface area (Å²) in [4.78, 5) is 16.2. The van der Waals surface area contributed by atoms with E-state index in [-0.39, 0.29) is 11.4 Å². The number of para-hydroxylation sites is 1. The number of H-pyrrole nitrogens is 1. The molecular formula is C24H20FN3O3S2. The van der Waals surface area contributed by atoms with Gasteiger partial charge in [-0.05, 0) is 47.2 Å². The van der Waals surface area contributed by atoms with Crippen LogP contribution in [-0.2, 0) is 23.0 Å². The predicted molar refractivity (Wildman–Crippen MR) is 128 cm³/mol. The lowest BCUT2D eigenvalue weighted by Crippen LogP contribution is -2.38. The number of carbonyl (C=O) groups is 1. The van der Waals surface area contributed by atoms with E-state index in [0.717, 1.165) is 16.5 Å². The summed E-state index contributed by atoms with van der Waals surface area (Å²) in [5.41, 5.74) is 2.96. The quantitative estimate of drug-likeness (QED) is 0.312. The van der Waals surface area contributed by atoms with Crippen molar-refractivity contribution in [1.29, 1.82) is 0 Å². The second-order valence-electron chi connectivity index (χ2n) is 7.68. The van der Waals surface area contributed by atoms with Gasteiger partial charge >= 0.3 is 0 Å². The number of allylic oxidation sites excluding steroid dienone is 1. The zero-order chi connectivity index (χ0) is 23.0. The van der Waals surface area contributed by atoms with Crippen LogP contribution in [0.4, 0.5) is 10.1 Å². The number of Topliss-reactive ketones (excluding diaryl/α,β-unsaturated/α-hetero) is 1. The molecule has 3 heterocycles. The molecule has 2 aromatic carbocycles. The highest BCUT2D eigenvalue weighted by molar-refractivity contribution is 7.97. The van der Waals surface area contributed by atoms with Crippen LogP contribution in [0, 0.1) is 5.82 Å². The van der Waals surface area contributed by atoms with E-state index in [2.05, 4.69) is 10.3 Å². The summed E-state index contributed by atoms with van der Waals surface area (Å²) in [7, 11) is -4.12. The summed E-state index contributed by atoms with van der Waals surface area (Å²) < 4.78 is 41.6. The first kappa shape index (κ1) is 21.4. The number of carbonyl (C=O) groups excluding carboxylic acids is 1. The number of hydrogen-bond acceptors (Lipinski definition) is 5. The Hall–Kier alpha value is -3.43. The Balaban J connectivity index is 1.39. The zero-order valence-corrected chi connectivity index (χ0v) is 19.0. The molecule has 0 fully saturated rings. The molecule has 1 aliphatic rings. The number of rotatable bonds is 6. The van der Waals surface area contributed by atoms with Gasteiger partial charge in [-0.15, -0.1) is 11.3 Å². The molecule has 9 heteroatoms. The highest BCUT2D eigenvalue weighted by Crippen LogP contribution is 2.39. The molecule has 0 saturated carbocycles. The first-order valence-corrected chi connectivity index (χ1v) is 12.6. The molecule has 168 valence electrons. The maximum Gasteiger partial charge on any atom is 0.270 e. The van der Waals surface area contributed by atoms with Gasteiger partial charge < -0.3 is 10.3 Å². The largest absolute Gasteiger partial charge is 0.389 e. The standard InChI is InChI=1S/C24H20FN3O3S2/c25-18-5-3-4-16(12-18)15-28-21-9-11-32-24(21)23(29)22(33(28,30)31)14-26-10-8-17-13-27-20-7-2-1-6-19(17)20/h1-7,9,11-14,26-27H,8,10,15H2/b22-14-. The van der Waals surface area contributed by atoms with E-state index < -0.39 is 21.6 Å². The number of hydrogen-bond donors (Lipinski definition) is 2. The van der Waals surface area contributed by atoms with Crippen LogP contribution in [0.25, 0.3) is 10.9 Å². The molecule has 0 atom stereocenters. The number of anilines is 1. The lowest BCUT2D eigenvalue weighted by Gasteiger charge is -2.29. The van der Waals surface area contributed by atoms with Crippen molar-refractivity contribution in [3.05, 3.63) is 99.1 Å². The van der Waals surface area contributed by atoms with Crippen molar-refractivity contribution < 1.29 is 17.6 Å². The fourth-order valence-corrected chi connectivity index (χ4v) is 6.48. The average molecular weight is 482 g/mol. The average Bonchev–Trinajstić information content (AvgIpc) is 3.44.